The molecule has 0 bridgehead atoms. The minimum atomic E-state index is -0.731. The zero-order chi connectivity index (χ0) is 8.15. The fourth-order valence-corrected chi connectivity index (χ4v) is 0.338. The van der Waals surface area contributed by atoms with Crippen molar-refractivity contribution in [1.29, 1.82) is 5.26 Å². The number of ether oxygens (including phenoxy) is 1. The van der Waals surface area contributed by atoms with E-state index >= 15 is 0 Å². The van der Waals surface area contributed by atoms with Crippen molar-refractivity contribution in [2.45, 2.75) is 20.1 Å². The maximum atomic E-state index is 10.7. The molecule has 4 nitrogen and oxygen atoms in total. The van der Waals surface area contributed by atoms with Gasteiger partial charge in [0.1, 0.15) is 12.1 Å². The van der Waals surface area contributed by atoms with Gasteiger partial charge in [0.15, 0.2) is 0 Å². The number of carbonyl (C=O) groups is 1. The Morgan fingerprint density at radius 1 is 1.70 bits per heavy atom. The third-order valence-corrected chi connectivity index (χ3v) is 0.849. The topological polar surface area (TPSA) is 76.1 Å². The van der Waals surface area contributed by atoms with E-state index < -0.39 is 18.1 Å². The van der Waals surface area contributed by atoms with Gasteiger partial charge in [-0.2, -0.15) is 5.26 Å². The van der Waals surface area contributed by atoms with Crippen molar-refractivity contribution >= 4 is 5.97 Å². The van der Waals surface area contributed by atoms with E-state index in [0.29, 0.717) is 0 Å². The quantitative estimate of drug-likeness (QED) is 0.434. The number of hydrogen-bond donors (Lipinski definition) is 1. The second-order valence-electron chi connectivity index (χ2n) is 1.99. The molecular formula is C6H10N2O2. The summed E-state index contributed by atoms with van der Waals surface area (Å²) in [6.45, 7) is 2.99. The lowest BCUT2D eigenvalue weighted by atomic mass is 10.2. The summed E-state index contributed by atoms with van der Waals surface area (Å²) in [6, 6.07) is 1.74. The Morgan fingerprint density at radius 2 is 2.20 bits per heavy atom. The number of carbonyl (C=O) groups excluding carboxylic acids is 1. The third kappa shape index (κ3) is 3.05. The van der Waals surface area contributed by atoms with Crippen molar-refractivity contribution in [3.05, 3.63) is 0 Å². The zero-order valence-electron chi connectivity index (χ0n) is 6.00. The summed E-state index contributed by atoms with van der Waals surface area (Å²) in [7, 11) is 0. The molecule has 0 fully saturated rings. The molecule has 0 saturated carbocycles. The Hall–Kier alpha value is -1.08. The van der Waals surface area contributed by atoms with Crippen LogP contribution in [0.2, 0.25) is 0 Å². The van der Waals surface area contributed by atoms with Crippen molar-refractivity contribution in [1.82, 2.24) is 0 Å². The smallest absolute Gasteiger partial charge is 0.324 e. The summed E-state index contributed by atoms with van der Waals surface area (Å²) in [5.74, 6) is -1.30. The van der Waals surface area contributed by atoms with Gasteiger partial charge in [0.05, 0.1) is 6.07 Å². The number of nitrogens with two attached hydrogens (primary N) is 1. The summed E-state index contributed by atoms with van der Waals surface area (Å²) in [6.07, 6.45) is -0.636. The van der Waals surface area contributed by atoms with Crippen molar-refractivity contribution < 1.29 is 9.53 Å². The Balaban J connectivity index is 3.76. The van der Waals surface area contributed by atoms with E-state index in [1.807, 2.05) is 0 Å². The highest BCUT2D eigenvalue weighted by molar-refractivity contribution is 5.74. The highest BCUT2D eigenvalue weighted by atomic mass is 16.6. The average molecular weight is 142 g/mol. The second-order valence-corrected chi connectivity index (χ2v) is 1.99. The largest absolute Gasteiger partial charge is 0.446 e. The number of rotatable bonds is 2. The number of nitrogens with zero attached hydrogens (tertiary/aromatic N) is 1. The van der Waals surface area contributed by atoms with Gasteiger partial charge >= 0.3 is 5.97 Å². The van der Waals surface area contributed by atoms with E-state index in [9.17, 15) is 4.79 Å². The van der Waals surface area contributed by atoms with Crippen LogP contribution in [-0.4, -0.2) is 12.2 Å². The van der Waals surface area contributed by atoms with Crippen LogP contribution in [0.1, 0.15) is 13.8 Å². The SMILES string of the molecule is CC(N)OC(=O)C(C)C#N. The molecule has 0 spiro atoms. The van der Waals surface area contributed by atoms with Crippen LogP contribution in [0.5, 0.6) is 0 Å². The monoisotopic (exact) mass is 142 g/mol. The fourth-order valence-electron chi connectivity index (χ4n) is 0.338. The van der Waals surface area contributed by atoms with Gasteiger partial charge in [-0.1, -0.05) is 0 Å². The first-order valence-corrected chi connectivity index (χ1v) is 2.93. The maximum Gasteiger partial charge on any atom is 0.324 e. The minimum Gasteiger partial charge on any atom is -0.446 e. The lowest BCUT2D eigenvalue weighted by Crippen LogP contribution is -2.26. The van der Waals surface area contributed by atoms with E-state index in [2.05, 4.69) is 4.74 Å². The van der Waals surface area contributed by atoms with Gasteiger partial charge in [0.2, 0.25) is 0 Å². The van der Waals surface area contributed by atoms with E-state index in [1.165, 1.54) is 13.8 Å². The van der Waals surface area contributed by atoms with E-state index in [0.717, 1.165) is 0 Å². The van der Waals surface area contributed by atoms with Gasteiger partial charge in [0.25, 0.3) is 0 Å². The molecule has 0 aromatic rings. The first-order chi connectivity index (χ1) is 4.57. The van der Waals surface area contributed by atoms with Crippen LogP contribution in [-0.2, 0) is 9.53 Å². The number of esters is 1. The molecule has 0 amide bonds. The molecule has 0 radical (unpaired) electrons. The standard InChI is InChI=1S/C6H10N2O2/c1-4(3-7)6(9)10-5(2)8/h4-5H,8H2,1-2H3. The molecule has 0 aliphatic carbocycles. The van der Waals surface area contributed by atoms with Gasteiger partial charge in [-0.15, -0.1) is 0 Å². The van der Waals surface area contributed by atoms with Crippen LogP contribution in [0.4, 0.5) is 0 Å². The molecule has 4 heteroatoms. The van der Waals surface area contributed by atoms with Crippen molar-refractivity contribution in [3.63, 3.8) is 0 Å². The van der Waals surface area contributed by atoms with Gasteiger partial charge in [-0.05, 0) is 13.8 Å². The molecule has 0 aromatic heterocycles. The summed E-state index contributed by atoms with van der Waals surface area (Å²) < 4.78 is 4.52. The molecule has 0 rings (SSSR count). The van der Waals surface area contributed by atoms with Crippen LogP contribution in [0.15, 0.2) is 0 Å². The van der Waals surface area contributed by atoms with Gasteiger partial charge in [-0.3, -0.25) is 10.5 Å². The highest BCUT2D eigenvalue weighted by Crippen LogP contribution is 1.96. The van der Waals surface area contributed by atoms with Crippen LogP contribution in [0, 0.1) is 17.2 Å². The van der Waals surface area contributed by atoms with Crippen LogP contribution in [0.25, 0.3) is 0 Å². The second kappa shape index (κ2) is 3.85. The number of nitriles is 1. The van der Waals surface area contributed by atoms with Gasteiger partial charge in [0, 0.05) is 0 Å². The maximum absolute atomic E-state index is 10.7. The summed E-state index contributed by atoms with van der Waals surface area (Å²) in [4.78, 5) is 10.7. The Kier molecular flexibility index (Phi) is 3.44. The molecule has 56 valence electrons. The van der Waals surface area contributed by atoms with Crippen molar-refractivity contribution in [3.8, 4) is 6.07 Å². The van der Waals surface area contributed by atoms with E-state index in [-0.39, 0.29) is 0 Å². The Labute approximate surface area is 59.6 Å². The zero-order valence-corrected chi connectivity index (χ0v) is 6.00. The lowest BCUT2D eigenvalue weighted by molar-refractivity contribution is -0.150. The van der Waals surface area contributed by atoms with Crippen molar-refractivity contribution in [2.75, 3.05) is 0 Å². The lowest BCUT2D eigenvalue weighted by Gasteiger charge is -2.07. The average Bonchev–Trinajstić information content (AvgIpc) is 1.85. The number of hydrogen-bond acceptors (Lipinski definition) is 4. The van der Waals surface area contributed by atoms with Crippen LogP contribution < -0.4 is 5.73 Å². The van der Waals surface area contributed by atoms with Gasteiger partial charge < -0.3 is 4.74 Å². The predicted molar refractivity (Wildman–Crippen MR) is 34.5 cm³/mol. The predicted octanol–water partition coefficient (Wildman–Crippen LogP) is -0.00602. The van der Waals surface area contributed by atoms with E-state index in [4.69, 9.17) is 11.0 Å². The van der Waals surface area contributed by atoms with Crippen LogP contribution in [0.3, 0.4) is 0 Å². The molecule has 2 atom stereocenters. The van der Waals surface area contributed by atoms with E-state index in [1.54, 1.807) is 6.07 Å². The molecule has 2 unspecified atom stereocenters. The van der Waals surface area contributed by atoms with Gasteiger partial charge in [-0.25, -0.2) is 0 Å². The Morgan fingerprint density at radius 3 is 2.50 bits per heavy atom. The summed E-state index contributed by atoms with van der Waals surface area (Å²) in [5.41, 5.74) is 5.13. The summed E-state index contributed by atoms with van der Waals surface area (Å²) in [5, 5.41) is 8.23. The first kappa shape index (κ1) is 8.92. The van der Waals surface area contributed by atoms with Crippen LogP contribution >= 0.6 is 0 Å². The highest BCUT2D eigenvalue weighted by Gasteiger charge is 2.13. The normalized spacial score (nSPS) is 15.0. The summed E-state index contributed by atoms with van der Waals surface area (Å²) >= 11 is 0. The molecule has 0 aromatic carbocycles. The molecule has 0 saturated heterocycles. The minimum absolute atomic E-state index is 0.572. The molecule has 2 N–H and O–H groups in total. The molecule has 0 heterocycles. The molecule has 0 aliphatic heterocycles. The molecule has 0 aliphatic rings. The first-order valence-electron chi connectivity index (χ1n) is 2.93. The molecular weight excluding hydrogens is 132 g/mol. The molecule has 10 heavy (non-hydrogen) atoms. The third-order valence-electron chi connectivity index (χ3n) is 0.849. The Bertz CT molecular complexity index is 160. The van der Waals surface area contributed by atoms with Crippen molar-refractivity contribution in [2.24, 2.45) is 11.7 Å². The fraction of sp³-hybridized carbons (Fsp3) is 0.667.